The molecule has 2 heterocycles. The van der Waals surface area contributed by atoms with Crippen molar-refractivity contribution in [1.29, 1.82) is 0 Å². The molecular formula is C19H24N4O6. The molecule has 1 atom stereocenters. The largest absolute Gasteiger partial charge is 0.454 e. The Balaban J connectivity index is 1.63. The third kappa shape index (κ3) is 4.25. The van der Waals surface area contributed by atoms with Crippen molar-refractivity contribution < 1.29 is 28.7 Å². The molecule has 3 rings (SSSR count). The number of ether oxygens (including phenoxy) is 2. The van der Waals surface area contributed by atoms with Crippen molar-refractivity contribution in [1.82, 2.24) is 20.9 Å². The molecule has 3 N–H and O–H groups in total. The van der Waals surface area contributed by atoms with Gasteiger partial charge in [-0.15, -0.1) is 0 Å². The highest BCUT2D eigenvalue weighted by Gasteiger charge is 2.50. The van der Waals surface area contributed by atoms with Gasteiger partial charge in [-0.2, -0.15) is 0 Å². The molecule has 0 spiro atoms. The topological polar surface area (TPSA) is 126 Å². The Morgan fingerprint density at radius 2 is 1.97 bits per heavy atom. The zero-order valence-electron chi connectivity index (χ0n) is 16.5. The summed E-state index contributed by atoms with van der Waals surface area (Å²) in [5.74, 6) is 0.0712. The van der Waals surface area contributed by atoms with Gasteiger partial charge in [0.05, 0.1) is 0 Å². The number of urea groups is 2. The number of fused-ring (bicyclic) bond motifs is 1. The molecule has 1 fully saturated rings. The van der Waals surface area contributed by atoms with E-state index in [9.17, 15) is 19.2 Å². The highest BCUT2D eigenvalue weighted by molar-refractivity contribution is 6.10. The second-order valence-corrected chi connectivity index (χ2v) is 7.50. The highest BCUT2D eigenvalue weighted by Crippen LogP contribution is 2.37. The quantitative estimate of drug-likeness (QED) is 0.609. The first-order valence-corrected chi connectivity index (χ1v) is 9.32. The van der Waals surface area contributed by atoms with Crippen LogP contribution < -0.4 is 25.4 Å². The number of hydrogen-bond acceptors (Lipinski definition) is 6. The van der Waals surface area contributed by atoms with Gasteiger partial charge in [0.2, 0.25) is 12.7 Å². The predicted molar refractivity (Wildman–Crippen MR) is 101 cm³/mol. The van der Waals surface area contributed by atoms with E-state index >= 15 is 0 Å². The van der Waals surface area contributed by atoms with Gasteiger partial charge < -0.3 is 20.1 Å². The Kier molecular flexibility index (Phi) is 5.62. The summed E-state index contributed by atoms with van der Waals surface area (Å²) < 4.78 is 10.6. The number of rotatable bonds is 6. The molecule has 1 aromatic carbocycles. The van der Waals surface area contributed by atoms with E-state index in [-0.39, 0.29) is 6.79 Å². The van der Waals surface area contributed by atoms with Crippen LogP contribution in [0, 0.1) is 5.92 Å². The second kappa shape index (κ2) is 7.98. The van der Waals surface area contributed by atoms with Crippen LogP contribution in [0.15, 0.2) is 18.2 Å². The van der Waals surface area contributed by atoms with Crippen LogP contribution in [-0.2, 0) is 15.1 Å². The Morgan fingerprint density at radius 1 is 1.24 bits per heavy atom. The van der Waals surface area contributed by atoms with Crippen LogP contribution in [0.25, 0.3) is 0 Å². The van der Waals surface area contributed by atoms with E-state index in [1.807, 2.05) is 13.8 Å². The van der Waals surface area contributed by atoms with Crippen molar-refractivity contribution >= 4 is 23.9 Å². The van der Waals surface area contributed by atoms with Gasteiger partial charge in [0.15, 0.2) is 11.5 Å². The Bertz CT molecular complexity index is 855. The van der Waals surface area contributed by atoms with Gasteiger partial charge >= 0.3 is 12.1 Å². The van der Waals surface area contributed by atoms with Crippen LogP contribution in [0.1, 0.15) is 32.8 Å². The van der Waals surface area contributed by atoms with Gasteiger partial charge in [0.25, 0.3) is 5.91 Å². The minimum Gasteiger partial charge on any atom is -0.454 e. The lowest BCUT2D eigenvalue weighted by Gasteiger charge is -2.22. The number of benzene rings is 1. The van der Waals surface area contributed by atoms with Crippen molar-refractivity contribution in [2.24, 2.45) is 5.92 Å². The molecule has 2 aliphatic heterocycles. The van der Waals surface area contributed by atoms with E-state index in [1.165, 1.54) is 0 Å². The summed E-state index contributed by atoms with van der Waals surface area (Å²) in [7, 11) is 0. The highest BCUT2D eigenvalue weighted by atomic mass is 16.7. The minimum atomic E-state index is -1.36. The Labute approximate surface area is 167 Å². The van der Waals surface area contributed by atoms with Crippen LogP contribution in [0.3, 0.4) is 0 Å². The van der Waals surface area contributed by atoms with Crippen LogP contribution in [0.2, 0.25) is 0 Å². The number of carbonyl (C=O) groups is 4. The van der Waals surface area contributed by atoms with Gasteiger partial charge in [0, 0.05) is 6.54 Å². The molecule has 10 nitrogen and oxygen atoms in total. The van der Waals surface area contributed by atoms with Crippen molar-refractivity contribution in [3.63, 3.8) is 0 Å². The van der Waals surface area contributed by atoms with Gasteiger partial charge in [-0.25, -0.2) is 9.59 Å². The number of imide groups is 2. The molecule has 0 aliphatic carbocycles. The zero-order chi connectivity index (χ0) is 21.2. The lowest BCUT2D eigenvalue weighted by molar-refractivity contribution is -0.134. The number of nitrogens with zero attached hydrogens (tertiary/aromatic N) is 1. The summed E-state index contributed by atoms with van der Waals surface area (Å²) in [6.07, 6.45) is 0.766. The van der Waals surface area contributed by atoms with Gasteiger partial charge in [0.1, 0.15) is 12.1 Å². The van der Waals surface area contributed by atoms with Crippen LogP contribution in [0.4, 0.5) is 9.59 Å². The van der Waals surface area contributed by atoms with E-state index < -0.39 is 36.0 Å². The molecule has 0 bridgehead atoms. The molecule has 156 valence electrons. The third-order valence-electron chi connectivity index (χ3n) is 4.79. The molecule has 1 saturated heterocycles. The first-order valence-electron chi connectivity index (χ1n) is 9.32. The van der Waals surface area contributed by atoms with Crippen LogP contribution in [-0.4, -0.2) is 48.7 Å². The fourth-order valence-corrected chi connectivity index (χ4v) is 3.07. The molecule has 1 aromatic rings. The predicted octanol–water partition coefficient (Wildman–Crippen LogP) is 1.05. The molecule has 0 unspecified atom stereocenters. The van der Waals surface area contributed by atoms with Crippen molar-refractivity contribution in [3.05, 3.63) is 23.8 Å². The SMILES string of the molecule is CC(C)CCNC(=O)NC(=O)CN1C(=O)N[C@@](C)(c2ccc3c(c2)OCO3)C1=O. The first-order chi connectivity index (χ1) is 13.7. The first kappa shape index (κ1) is 20.4. The fraction of sp³-hybridized carbons (Fsp3) is 0.474. The normalized spacial score (nSPS) is 20.1. The van der Waals surface area contributed by atoms with E-state index in [0.29, 0.717) is 29.5 Å². The van der Waals surface area contributed by atoms with Gasteiger partial charge in [-0.05, 0) is 37.0 Å². The van der Waals surface area contributed by atoms with Gasteiger partial charge in [-0.3, -0.25) is 19.8 Å². The molecule has 0 aromatic heterocycles. The smallest absolute Gasteiger partial charge is 0.325 e. The van der Waals surface area contributed by atoms with Crippen LogP contribution in [0.5, 0.6) is 11.5 Å². The molecule has 0 radical (unpaired) electrons. The molecule has 0 saturated carbocycles. The van der Waals surface area contributed by atoms with Crippen molar-refractivity contribution in [2.75, 3.05) is 19.9 Å². The average Bonchev–Trinajstić information content (AvgIpc) is 3.19. The maximum absolute atomic E-state index is 12.9. The standard InChI is InChI=1S/C19H24N4O6/c1-11(2)6-7-20-17(26)21-15(24)9-23-16(25)19(3,22-18(23)27)12-4-5-13-14(8-12)29-10-28-13/h4-5,8,11H,6-7,9-10H2,1-3H3,(H,22,27)(H2,20,21,24,26)/t19-/m0/s1. The monoisotopic (exact) mass is 404 g/mol. The maximum atomic E-state index is 12.9. The molecule has 6 amide bonds. The summed E-state index contributed by atoms with van der Waals surface area (Å²) in [6.45, 7) is 5.51. The summed E-state index contributed by atoms with van der Waals surface area (Å²) in [4.78, 5) is 49.9. The lowest BCUT2D eigenvalue weighted by Crippen LogP contribution is -2.47. The number of nitrogens with one attached hydrogen (secondary N) is 3. The Hall–Kier alpha value is -3.30. The van der Waals surface area contributed by atoms with E-state index in [0.717, 1.165) is 11.3 Å². The fourth-order valence-electron chi connectivity index (χ4n) is 3.07. The second-order valence-electron chi connectivity index (χ2n) is 7.50. The summed E-state index contributed by atoms with van der Waals surface area (Å²) in [6, 6.07) is 3.54. The number of hydrogen-bond donors (Lipinski definition) is 3. The summed E-state index contributed by atoms with van der Waals surface area (Å²) >= 11 is 0. The van der Waals surface area contributed by atoms with Crippen LogP contribution >= 0.6 is 0 Å². The van der Waals surface area contributed by atoms with E-state index in [1.54, 1.807) is 25.1 Å². The minimum absolute atomic E-state index is 0.0847. The molecule has 29 heavy (non-hydrogen) atoms. The zero-order valence-corrected chi connectivity index (χ0v) is 16.5. The summed E-state index contributed by atoms with van der Waals surface area (Å²) in [5.41, 5.74) is -0.868. The van der Waals surface area contributed by atoms with Gasteiger partial charge in [-0.1, -0.05) is 19.9 Å². The molecule has 10 heteroatoms. The molecular weight excluding hydrogens is 380 g/mol. The van der Waals surface area contributed by atoms with E-state index in [4.69, 9.17) is 9.47 Å². The van der Waals surface area contributed by atoms with Crippen molar-refractivity contribution in [2.45, 2.75) is 32.7 Å². The third-order valence-corrected chi connectivity index (χ3v) is 4.79. The maximum Gasteiger partial charge on any atom is 0.325 e. The van der Waals surface area contributed by atoms with E-state index in [2.05, 4.69) is 16.0 Å². The number of carbonyl (C=O) groups excluding carboxylic acids is 4. The summed E-state index contributed by atoms with van der Waals surface area (Å²) in [5, 5.41) is 7.28. The average molecular weight is 404 g/mol. The number of amides is 6. The van der Waals surface area contributed by atoms with Crippen molar-refractivity contribution in [3.8, 4) is 11.5 Å². The lowest BCUT2D eigenvalue weighted by atomic mass is 9.91. The Morgan fingerprint density at radius 3 is 2.69 bits per heavy atom. The molecule has 2 aliphatic rings.